The molecule has 1 heterocycles. The lowest BCUT2D eigenvalue weighted by Gasteiger charge is -2.32. The van der Waals surface area contributed by atoms with Crippen LogP contribution in [0.2, 0.25) is 5.02 Å². The Morgan fingerprint density at radius 1 is 1.56 bits per heavy atom. The average molecular weight is 272 g/mol. The minimum atomic E-state index is -0.225. The molecule has 0 bridgehead atoms. The maximum Gasteiger partial charge on any atom is 0.127 e. The monoisotopic (exact) mass is 271 g/mol. The first kappa shape index (κ1) is 13.8. The van der Waals surface area contributed by atoms with Crippen LogP contribution in [0.4, 0.5) is 4.39 Å². The van der Waals surface area contributed by atoms with E-state index in [4.69, 9.17) is 16.3 Å². The standard InChI is InChI=1S/C14H19ClFNO/c1-10-14(9-17-2,5-6-18-10)8-11-3-4-12(15)7-13(11)16/h3-4,7,10,17H,5-6,8-9H2,1-2H3. The van der Waals surface area contributed by atoms with E-state index in [-0.39, 0.29) is 17.3 Å². The summed E-state index contributed by atoms with van der Waals surface area (Å²) < 4.78 is 19.6. The zero-order chi connectivity index (χ0) is 13.2. The van der Waals surface area contributed by atoms with Crippen molar-refractivity contribution in [1.29, 1.82) is 0 Å². The Hall–Kier alpha value is -0.640. The highest BCUT2D eigenvalue weighted by atomic mass is 35.5. The second-order valence-corrected chi connectivity index (χ2v) is 5.50. The predicted molar refractivity (Wildman–Crippen MR) is 71.5 cm³/mol. The minimum Gasteiger partial charge on any atom is -0.378 e. The van der Waals surface area contributed by atoms with E-state index in [2.05, 4.69) is 12.2 Å². The van der Waals surface area contributed by atoms with Crippen LogP contribution in [0.5, 0.6) is 0 Å². The molecule has 1 saturated heterocycles. The van der Waals surface area contributed by atoms with E-state index in [9.17, 15) is 4.39 Å². The molecule has 0 aliphatic carbocycles. The van der Waals surface area contributed by atoms with Gasteiger partial charge < -0.3 is 10.1 Å². The van der Waals surface area contributed by atoms with Gasteiger partial charge in [-0.25, -0.2) is 4.39 Å². The maximum atomic E-state index is 13.9. The number of ether oxygens (including phenoxy) is 1. The molecule has 2 atom stereocenters. The van der Waals surface area contributed by atoms with Gasteiger partial charge in [-0.3, -0.25) is 0 Å². The van der Waals surface area contributed by atoms with Crippen molar-refractivity contribution in [2.75, 3.05) is 20.2 Å². The molecule has 0 aromatic heterocycles. The lowest BCUT2D eigenvalue weighted by molar-refractivity contribution is 0.0636. The summed E-state index contributed by atoms with van der Waals surface area (Å²) in [4.78, 5) is 0. The van der Waals surface area contributed by atoms with Gasteiger partial charge >= 0.3 is 0 Å². The summed E-state index contributed by atoms with van der Waals surface area (Å²) >= 11 is 5.78. The van der Waals surface area contributed by atoms with E-state index < -0.39 is 0 Å². The van der Waals surface area contributed by atoms with Crippen molar-refractivity contribution < 1.29 is 9.13 Å². The normalized spacial score (nSPS) is 27.7. The van der Waals surface area contributed by atoms with Crippen molar-refractivity contribution in [2.24, 2.45) is 5.41 Å². The highest BCUT2D eigenvalue weighted by Crippen LogP contribution is 2.38. The maximum absolute atomic E-state index is 13.9. The van der Waals surface area contributed by atoms with Crippen LogP contribution in [-0.4, -0.2) is 26.3 Å². The van der Waals surface area contributed by atoms with E-state index in [1.165, 1.54) is 6.07 Å². The Bertz CT molecular complexity index is 426. The van der Waals surface area contributed by atoms with Crippen molar-refractivity contribution >= 4 is 11.6 Å². The van der Waals surface area contributed by atoms with Gasteiger partial charge in [0.15, 0.2) is 0 Å². The quantitative estimate of drug-likeness (QED) is 0.909. The molecule has 2 rings (SSSR count). The summed E-state index contributed by atoms with van der Waals surface area (Å²) in [5.74, 6) is -0.225. The van der Waals surface area contributed by atoms with Crippen LogP contribution in [-0.2, 0) is 11.2 Å². The number of hydrogen-bond acceptors (Lipinski definition) is 2. The van der Waals surface area contributed by atoms with Crippen molar-refractivity contribution in [3.05, 3.63) is 34.6 Å². The molecule has 1 aliphatic rings. The third kappa shape index (κ3) is 2.68. The summed E-state index contributed by atoms with van der Waals surface area (Å²) in [5.41, 5.74) is 0.690. The third-order valence-corrected chi connectivity index (χ3v) is 4.15. The first-order chi connectivity index (χ1) is 8.57. The summed E-state index contributed by atoms with van der Waals surface area (Å²) in [5, 5.41) is 3.64. The van der Waals surface area contributed by atoms with Crippen molar-refractivity contribution in [1.82, 2.24) is 5.32 Å². The van der Waals surface area contributed by atoms with Gasteiger partial charge in [-0.1, -0.05) is 17.7 Å². The van der Waals surface area contributed by atoms with Crippen LogP contribution >= 0.6 is 11.6 Å². The third-order valence-electron chi connectivity index (χ3n) is 3.92. The number of benzene rings is 1. The SMILES string of the molecule is CNCC1(Cc2ccc(Cl)cc2F)CCOC1C. The zero-order valence-electron chi connectivity index (χ0n) is 10.8. The zero-order valence-corrected chi connectivity index (χ0v) is 11.6. The first-order valence-corrected chi connectivity index (χ1v) is 6.65. The van der Waals surface area contributed by atoms with Gasteiger partial charge in [0.05, 0.1) is 6.10 Å². The van der Waals surface area contributed by atoms with E-state index in [0.29, 0.717) is 17.0 Å². The Kier molecular flexibility index (Phi) is 4.25. The van der Waals surface area contributed by atoms with Crippen molar-refractivity contribution in [3.63, 3.8) is 0 Å². The Morgan fingerprint density at radius 3 is 2.89 bits per heavy atom. The summed E-state index contributed by atoms with van der Waals surface area (Å²) in [6, 6.07) is 4.90. The molecule has 0 saturated carbocycles. The number of nitrogens with one attached hydrogen (secondary N) is 1. The molecule has 1 N–H and O–H groups in total. The van der Waals surface area contributed by atoms with E-state index in [1.807, 2.05) is 7.05 Å². The molecule has 0 amide bonds. The molecule has 0 radical (unpaired) electrons. The lowest BCUT2D eigenvalue weighted by Crippen LogP contribution is -2.40. The molecular weight excluding hydrogens is 253 g/mol. The second-order valence-electron chi connectivity index (χ2n) is 5.07. The minimum absolute atomic E-state index is 0.0244. The average Bonchev–Trinajstić information content (AvgIpc) is 2.65. The fraction of sp³-hybridized carbons (Fsp3) is 0.571. The lowest BCUT2D eigenvalue weighted by atomic mass is 9.76. The van der Waals surface area contributed by atoms with Crippen LogP contribution in [0.3, 0.4) is 0 Å². The predicted octanol–water partition coefficient (Wildman–Crippen LogP) is 3.04. The molecule has 1 aromatic rings. The smallest absolute Gasteiger partial charge is 0.127 e. The van der Waals surface area contributed by atoms with E-state index >= 15 is 0 Å². The molecule has 0 spiro atoms. The number of hydrogen-bond donors (Lipinski definition) is 1. The second kappa shape index (κ2) is 5.55. The molecule has 2 nitrogen and oxygen atoms in total. The van der Waals surface area contributed by atoms with Gasteiger partial charge in [-0.05, 0) is 44.5 Å². The van der Waals surface area contributed by atoms with Gasteiger partial charge in [-0.2, -0.15) is 0 Å². The largest absolute Gasteiger partial charge is 0.378 e. The van der Waals surface area contributed by atoms with Gasteiger partial charge in [0.25, 0.3) is 0 Å². The van der Waals surface area contributed by atoms with E-state index in [0.717, 1.165) is 19.6 Å². The van der Waals surface area contributed by atoms with Crippen LogP contribution in [0.25, 0.3) is 0 Å². The molecule has 4 heteroatoms. The highest BCUT2D eigenvalue weighted by molar-refractivity contribution is 6.30. The molecular formula is C14H19ClFNO. The fourth-order valence-corrected chi connectivity index (χ4v) is 2.90. The molecule has 1 aromatic carbocycles. The molecule has 1 fully saturated rings. The van der Waals surface area contributed by atoms with Crippen LogP contribution < -0.4 is 5.32 Å². The summed E-state index contributed by atoms with van der Waals surface area (Å²) in [6.07, 6.45) is 1.77. The van der Waals surface area contributed by atoms with Gasteiger partial charge in [0, 0.05) is 23.6 Å². The van der Waals surface area contributed by atoms with Crippen LogP contribution in [0, 0.1) is 11.2 Å². The molecule has 2 unspecified atom stereocenters. The van der Waals surface area contributed by atoms with Gasteiger partial charge in [0.1, 0.15) is 5.82 Å². The summed E-state index contributed by atoms with van der Waals surface area (Å²) in [7, 11) is 1.92. The number of rotatable bonds is 4. The van der Waals surface area contributed by atoms with Crippen molar-refractivity contribution in [3.8, 4) is 0 Å². The Morgan fingerprint density at radius 2 is 2.33 bits per heavy atom. The van der Waals surface area contributed by atoms with Crippen LogP contribution in [0.15, 0.2) is 18.2 Å². The first-order valence-electron chi connectivity index (χ1n) is 6.27. The van der Waals surface area contributed by atoms with Gasteiger partial charge in [-0.15, -0.1) is 0 Å². The summed E-state index contributed by atoms with van der Waals surface area (Å²) in [6.45, 7) is 3.65. The van der Waals surface area contributed by atoms with Crippen LogP contribution in [0.1, 0.15) is 18.9 Å². The molecule has 18 heavy (non-hydrogen) atoms. The van der Waals surface area contributed by atoms with E-state index in [1.54, 1.807) is 12.1 Å². The highest BCUT2D eigenvalue weighted by Gasteiger charge is 2.41. The molecule has 1 aliphatic heterocycles. The fourth-order valence-electron chi connectivity index (χ4n) is 2.74. The Balaban J connectivity index is 2.23. The topological polar surface area (TPSA) is 21.3 Å². The Labute approximate surface area is 112 Å². The molecule has 100 valence electrons. The van der Waals surface area contributed by atoms with Crippen molar-refractivity contribution in [2.45, 2.75) is 25.9 Å². The number of halogens is 2. The van der Waals surface area contributed by atoms with Gasteiger partial charge in [0.2, 0.25) is 0 Å².